The molecular formula is C19H29NO5. The van der Waals surface area contributed by atoms with Gasteiger partial charge in [0.1, 0.15) is 12.2 Å². The van der Waals surface area contributed by atoms with Gasteiger partial charge in [-0.25, -0.2) is 4.79 Å². The molecule has 0 radical (unpaired) electrons. The van der Waals surface area contributed by atoms with Crippen LogP contribution in [0.25, 0.3) is 0 Å². The van der Waals surface area contributed by atoms with Crippen molar-refractivity contribution in [2.45, 2.75) is 76.7 Å². The number of aliphatic hydroxyl groups is 1. The number of nitrogens with zero attached hydrogens (tertiary/aromatic N) is 1. The molecular weight excluding hydrogens is 322 g/mol. The van der Waals surface area contributed by atoms with Crippen LogP contribution >= 0.6 is 0 Å². The lowest BCUT2D eigenvalue weighted by Crippen LogP contribution is -2.54. The minimum atomic E-state index is -1.24. The minimum absolute atomic E-state index is 0.0720. The molecule has 3 fully saturated rings. The van der Waals surface area contributed by atoms with E-state index < -0.39 is 11.1 Å². The zero-order chi connectivity index (χ0) is 18.4. The predicted molar refractivity (Wildman–Crippen MR) is 91.8 cm³/mol. The summed E-state index contributed by atoms with van der Waals surface area (Å²) in [6.45, 7) is 8.95. The normalized spacial score (nSPS) is 44.7. The number of hydrogen-bond donors (Lipinski definition) is 1. The lowest BCUT2D eigenvalue weighted by atomic mass is 9.82. The van der Waals surface area contributed by atoms with Crippen LogP contribution in [-0.2, 0) is 19.1 Å². The maximum atomic E-state index is 12.7. The summed E-state index contributed by atoms with van der Waals surface area (Å²) in [7, 11) is 0. The fraction of sp³-hybridized carbons (Fsp3) is 0.789. The van der Waals surface area contributed by atoms with Crippen molar-refractivity contribution in [3.05, 3.63) is 11.6 Å². The average molecular weight is 351 g/mol. The van der Waals surface area contributed by atoms with Crippen molar-refractivity contribution in [1.29, 1.82) is 0 Å². The summed E-state index contributed by atoms with van der Waals surface area (Å²) in [6, 6.07) is 0. The summed E-state index contributed by atoms with van der Waals surface area (Å²) in [5, 5.41) is 10.7. The Hall–Kier alpha value is -1.40. The van der Waals surface area contributed by atoms with Crippen molar-refractivity contribution in [1.82, 2.24) is 4.90 Å². The molecule has 0 spiro atoms. The quantitative estimate of drug-likeness (QED) is 0.530. The number of carbonyl (C=O) groups is 2. The van der Waals surface area contributed by atoms with Crippen LogP contribution in [0.1, 0.15) is 53.4 Å². The molecule has 5 atom stereocenters. The van der Waals surface area contributed by atoms with Crippen molar-refractivity contribution in [3.63, 3.8) is 0 Å². The highest BCUT2D eigenvalue weighted by Crippen LogP contribution is 2.43. The van der Waals surface area contributed by atoms with Crippen LogP contribution < -0.4 is 0 Å². The zero-order valence-electron chi connectivity index (χ0n) is 15.6. The number of esters is 2. The van der Waals surface area contributed by atoms with Gasteiger partial charge in [-0.15, -0.1) is 0 Å². The fourth-order valence-corrected chi connectivity index (χ4v) is 4.44. The average Bonchev–Trinajstić information content (AvgIpc) is 3.00. The summed E-state index contributed by atoms with van der Waals surface area (Å²) in [5.74, 6) is -0.978. The van der Waals surface area contributed by atoms with Gasteiger partial charge >= 0.3 is 11.9 Å². The molecule has 0 unspecified atom stereocenters. The van der Waals surface area contributed by atoms with E-state index in [1.807, 2.05) is 13.8 Å². The Bertz CT molecular complexity index is 599. The van der Waals surface area contributed by atoms with Crippen molar-refractivity contribution in [2.24, 2.45) is 5.92 Å². The summed E-state index contributed by atoms with van der Waals surface area (Å²) in [4.78, 5) is 27.4. The molecule has 3 saturated heterocycles. The molecule has 25 heavy (non-hydrogen) atoms. The van der Waals surface area contributed by atoms with Crippen molar-refractivity contribution < 1.29 is 24.2 Å². The summed E-state index contributed by atoms with van der Waals surface area (Å²) >= 11 is 0. The van der Waals surface area contributed by atoms with Gasteiger partial charge in [0.25, 0.3) is 0 Å². The number of carbonyl (C=O) groups excluding carboxylic acids is 2. The second-order valence-electron chi connectivity index (χ2n) is 8.12. The molecule has 3 rings (SSSR count). The molecule has 3 aliphatic rings. The largest absolute Gasteiger partial charge is 0.460 e. The van der Waals surface area contributed by atoms with Crippen molar-refractivity contribution in [2.75, 3.05) is 13.1 Å². The van der Waals surface area contributed by atoms with E-state index >= 15 is 0 Å². The first-order valence-electron chi connectivity index (χ1n) is 9.21. The van der Waals surface area contributed by atoms with Gasteiger partial charge in [-0.2, -0.15) is 0 Å². The molecule has 0 saturated carbocycles. The molecule has 6 nitrogen and oxygen atoms in total. The predicted octanol–water partition coefficient (Wildman–Crippen LogP) is 1.81. The monoisotopic (exact) mass is 351 g/mol. The smallest absolute Gasteiger partial charge is 0.334 e. The summed E-state index contributed by atoms with van der Waals surface area (Å²) in [6.07, 6.45) is 2.92. The Morgan fingerprint density at radius 3 is 2.36 bits per heavy atom. The van der Waals surface area contributed by atoms with E-state index in [4.69, 9.17) is 9.47 Å². The van der Waals surface area contributed by atoms with Gasteiger partial charge in [0.15, 0.2) is 0 Å². The lowest BCUT2D eigenvalue weighted by molar-refractivity contribution is -0.167. The molecule has 0 aromatic heterocycles. The molecule has 1 N–H and O–H groups in total. The Morgan fingerprint density at radius 1 is 1.16 bits per heavy atom. The topological polar surface area (TPSA) is 76.1 Å². The van der Waals surface area contributed by atoms with Crippen LogP contribution in [0.3, 0.4) is 0 Å². The first-order chi connectivity index (χ1) is 11.7. The van der Waals surface area contributed by atoms with Crippen LogP contribution in [0.2, 0.25) is 0 Å². The van der Waals surface area contributed by atoms with Crippen LogP contribution in [0, 0.1) is 5.92 Å². The Labute approximate surface area is 149 Å². The molecule has 0 amide bonds. The van der Waals surface area contributed by atoms with E-state index in [1.165, 1.54) is 0 Å². The van der Waals surface area contributed by atoms with E-state index in [0.717, 1.165) is 25.9 Å². The number of ether oxygens (including phenoxy) is 2. The Balaban J connectivity index is 1.95. The molecule has 6 heteroatoms. The first-order valence-corrected chi connectivity index (χ1v) is 9.21. The second-order valence-corrected chi connectivity index (χ2v) is 8.12. The van der Waals surface area contributed by atoms with Gasteiger partial charge in [-0.1, -0.05) is 13.0 Å². The van der Waals surface area contributed by atoms with Crippen LogP contribution in [-0.4, -0.2) is 58.4 Å². The van der Waals surface area contributed by atoms with Gasteiger partial charge in [-0.3, -0.25) is 9.69 Å². The summed E-state index contributed by atoms with van der Waals surface area (Å²) < 4.78 is 11.6. The third kappa shape index (κ3) is 3.10. The Morgan fingerprint density at radius 2 is 1.76 bits per heavy atom. The van der Waals surface area contributed by atoms with Gasteiger partial charge < -0.3 is 14.6 Å². The van der Waals surface area contributed by atoms with E-state index in [0.29, 0.717) is 12.0 Å². The highest BCUT2D eigenvalue weighted by molar-refractivity contribution is 5.88. The van der Waals surface area contributed by atoms with Crippen molar-refractivity contribution in [3.8, 4) is 0 Å². The lowest BCUT2D eigenvalue weighted by Gasteiger charge is -2.39. The molecule has 140 valence electrons. The molecule has 0 aromatic carbocycles. The molecule has 0 bridgehead atoms. The summed E-state index contributed by atoms with van der Waals surface area (Å²) in [5.41, 5.74) is -1.17. The van der Waals surface area contributed by atoms with Gasteiger partial charge in [0.05, 0.1) is 17.6 Å². The third-order valence-corrected chi connectivity index (χ3v) is 6.53. The van der Waals surface area contributed by atoms with E-state index in [-0.39, 0.29) is 36.5 Å². The molecule has 3 aliphatic heterocycles. The maximum absolute atomic E-state index is 12.7. The Kier molecular flexibility index (Phi) is 4.71. The second kappa shape index (κ2) is 6.40. The number of allylic oxidation sites excluding steroid dienone is 1. The molecule has 0 aliphatic carbocycles. The zero-order valence-corrected chi connectivity index (χ0v) is 15.6. The van der Waals surface area contributed by atoms with E-state index in [9.17, 15) is 14.7 Å². The minimum Gasteiger partial charge on any atom is -0.460 e. The van der Waals surface area contributed by atoms with Crippen molar-refractivity contribution >= 4 is 11.9 Å². The van der Waals surface area contributed by atoms with Crippen LogP contribution in [0.15, 0.2) is 11.6 Å². The van der Waals surface area contributed by atoms with Crippen LogP contribution in [0.4, 0.5) is 0 Å². The number of rotatable bonds is 0. The fourth-order valence-electron chi connectivity index (χ4n) is 4.44. The van der Waals surface area contributed by atoms with E-state index in [1.54, 1.807) is 19.9 Å². The van der Waals surface area contributed by atoms with E-state index in [2.05, 4.69) is 4.90 Å². The van der Waals surface area contributed by atoms with Gasteiger partial charge in [0, 0.05) is 18.7 Å². The highest BCUT2D eigenvalue weighted by Gasteiger charge is 2.58. The molecule has 0 aromatic rings. The molecule has 3 heterocycles. The first kappa shape index (κ1) is 18.4. The number of hydrogen-bond acceptors (Lipinski definition) is 6. The maximum Gasteiger partial charge on any atom is 0.334 e. The van der Waals surface area contributed by atoms with Gasteiger partial charge in [-0.05, 0) is 46.0 Å². The SMILES string of the molecule is C/C=C1/C[C@H](C)[C@@](C)(O)CC(=O)O[C@H]2CCN3CC[C@@H](OC1=O)[C@@]23C. The highest BCUT2D eigenvalue weighted by atomic mass is 16.6. The van der Waals surface area contributed by atoms with Crippen LogP contribution in [0.5, 0.6) is 0 Å². The van der Waals surface area contributed by atoms with Gasteiger partial charge in [0.2, 0.25) is 0 Å². The standard InChI is InChI=1S/C19H29NO5/c1-5-13-10-12(2)18(3,23)11-16(21)24-14-6-8-20-9-7-15(19(14,20)4)25-17(13)22/h5,12,14-15,23H,6-11H2,1-4H3/b13-5-/t12-,14-,15+,18-,19+/m0/s1. The third-order valence-electron chi connectivity index (χ3n) is 6.53.